The highest BCUT2D eigenvalue weighted by Crippen LogP contribution is 2.12. The molecular formula is C13H17FN2O. The number of piperazine rings is 1. The van der Waals surface area contributed by atoms with E-state index in [4.69, 9.17) is 0 Å². The number of nitrogens with one attached hydrogen (secondary N) is 1. The number of halogens is 1. The summed E-state index contributed by atoms with van der Waals surface area (Å²) >= 11 is 0. The largest absolute Gasteiger partial charge is 0.336 e. The van der Waals surface area contributed by atoms with E-state index in [0.29, 0.717) is 30.3 Å². The van der Waals surface area contributed by atoms with Crippen LogP contribution < -0.4 is 5.32 Å². The molecule has 1 atom stereocenters. The van der Waals surface area contributed by atoms with Crippen LogP contribution in [0, 0.1) is 12.7 Å². The number of nitrogens with zero attached hydrogens (tertiary/aromatic N) is 1. The normalized spacial score (nSPS) is 20.4. The first-order chi connectivity index (χ1) is 8.08. The summed E-state index contributed by atoms with van der Waals surface area (Å²) in [6, 6.07) is 4.84. The van der Waals surface area contributed by atoms with Gasteiger partial charge in [-0.25, -0.2) is 4.39 Å². The molecule has 0 aromatic heterocycles. The number of rotatable bonds is 1. The fourth-order valence-corrected chi connectivity index (χ4v) is 2.08. The molecule has 0 spiro atoms. The summed E-state index contributed by atoms with van der Waals surface area (Å²) < 4.78 is 13.1. The van der Waals surface area contributed by atoms with Crippen LogP contribution in [0.25, 0.3) is 0 Å². The molecule has 17 heavy (non-hydrogen) atoms. The summed E-state index contributed by atoms with van der Waals surface area (Å²) in [7, 11) is 0. The molecule has 1 aromatic rings. The van der Waals surface area contributed by atoms with Gasteiger partial charge in [-0.15, -0.1) is 0 Å². The van der Waals surface area contributed by atoms with Crippen LogP contribution in [0.4, 0.5) is 4.39 Å². The Morgan fingerprint density at radius 1 is 1.53 bits per heavy atom. The van der Waals surface area contributed by atoms with E-state index in [-0.39, 0.29) is 11.7 Å². The summed E-state index contributed by atoms with van der Waals surface area (Å²) in [6.45, 7) is 5.95. The second-order valence-electron chi connectivity index (χ2n) is 4.57. The zero-order valence-electron chi connectivity index (χ0n) is 10.2. The van der Waals surface area contributed by atoms with E-state index < -0.39 is 0 Å². The van der Waals surface area contributed by atoms with E-state index in [2.05, 4.69) is 12.2 Å². The number of carbonyl (C=O) groups excluding carboxylic acids is 1. The lowest BCUT2D eigenvalue weighted by molar-refractivity contribution is 0.0709. The summed E-state index contributed by atoms with van der Waals surface area (Å²) in [6.07, 6.45) is 0. The number of benzene rings is 1. The molecule has 1 aliphatic rings. The van der Waals surface area contributed by atoms with Gasteiger partial charge in [0.15, 0.2) is 0 Å². The van der Waals surface area contributed by atoms with E-state index in [1.807, 2.05) is 4.90 Å². The van der Waals surface area contributed by atoms with Crippen LogP contribution in [-0.4, -0.2) is 36.5 Å². The van der Waals surface area contributed by atoms with Crippen LogP contribution in [-0.2, 0) is 0 Å². The van der Waals surface area contributed by atoms with Crippen molar-refractivity contribution in [3.05, 3.63) is 35.1 Å². The molecule has 2 rings (SSSR count). The molecule has 0 saturated carbocycles. The highest BCUT2D eigenvalue weighted by Gasteiger charge is 2.21. The first-order valence-corrected chi connectivity index (χ1v) is 5.87. The second-order valence-corrected chi connectivity index (χ2v) is 4.57. The molecule has 1 aliphatic heterocycles. The van der Waals surface area contributed by atoms with Crippen molar-refractivity contribution in [3.8, 4) is 0 Å². The van der Waals surface area contributed by atoms with Crippen molar-refractivity contribution >= 4 is 5.91 Å². The SMILES string of the molecule is Cc1cc(C(=O)N2CCN[C@H](C)C2)ccc1F. The van der Waals surface area contributed by atoms with E-state index in [9.17, 15) is 9.18 Å². The van der Waals surface area contributed by atoms with Crippen molar-refractivity contribution in [1.82, 2.24) is 10.2 Å². The van der Waals surface area contributed by atoms with Gasteiger partial charge < -0.3 is 10.2 Å². The quantitative estimate of drug-likeness (QED) is 0.802. The minimum atomic E-state index is -0.268. The lowest BCUT2D eigenvalue weighted by Crippen LogP contribution is -2.51. The molecule has 1 heterocycles. The summed E-state index contributed by atoms with van der Waals surface area (Å²) in [5, 5.41) is 3.28. The third-order valence-electron chi connectivity index (χ3n) is 3.06. The molecule has 4 heteroatoms. The van der Waals surface area contributed by atoms with Crippen LogP contribution >= 0.6 is 0 Å². The summed E-state index contributed by atoms with van der Waals surface area (Å²) in [4.78, 5) is 14.0. The van der Waals surface area contributed by atoms with E-state index in [1.165, 1.54) is 6.07 Å². The maximum absolute atomic E-state index is 13.1. The monoisotopic (exact) mass is 236 g/mol. The van der Waals surface area contributed by atoms with Gasteiger partial charge in [0.2, 0.25) is 0 Å². The van der Waals surface area contributed by atoms with Crippen LogP contribution in [0.3, 0.4) is 0 Å². The zero-order chi connectivity index (χ0) is 12.4. The van der Waals surface area contributed by atoms with E-state index in [1.54, 1.807) is 19.1 Å². The number of aryl methyl sites for hydroxylation is 1. The fraction of sp³-hybridized carbons (Fsp3) is 0.462. The Hall–Kier alpha value is -1.42. The molecule has 0 radical (unpaired) electrons. The predicted molar refractivity (Wildman–Crippen MR) is 64.5 cm³/mol. The Morgan fingerprint density at radius 3 is 2.94 bits per heavy atom. The molecule has 0 unspecified atom stereocenters. The number of hydrogen-bond acceptors (Lipinski definition) is 2. The van der Waals surface area contributed by atoms with Gasteiger partial charge in [-0.1, -0.05) is 0 Å². The van der Waals surface area contributed by atoms with Gasteiger partial charge in [0.1, 0.15) is 5.82 Å². The Labute approximate surface area is 101 Å². The molecule has 1 amide bonds. The van der Waals surface area contributed by atoms with Crippen molar-refractivity contribution in [1.29, 1.82) is 0 Å². The summed E-state index contributed by atoms with van der Waals surface area (Å²) in [5.74, 6) is -0.281. The molecule has 1 saturated heterocycles. The minimum Gasteiger partial charge on any atom is -0.336 e. The predicted octanol–water partition coefficient (Wildman–Crippen LogP) is 1.57. The lowest BCUT2D eigenvalue weighted by atomic mass is 10.1. The van der Waals surface area contributed by atoms with Gasteiger partial charge in [0.05, 0.1) is 0 Å². The van der Waals surface area contributed by atoms with Gasteiger partial charge in [-0.2, -0.15) is 0 Å². The first-order valence-electron chi connectivity index (χ1n) is 5.87. The van der Waals surface area contributed by atoms with Crippen LogP contribution in [0.15, 0.2) is 18.2 Å². The maximum atomic E-state index is 13.1. The lowest BCUT2D eigenvalue weighted by Gasteiger charge is -2.32. The molecule has 1 fully saturated rings. The second kappa shape index (κ2) is 4.84. The van der Waals surface area contributed by atoms with E-state index >= 15 is 0 Å². The standard InChI is InChI=1S/C13H17FN2O/c1-9-7-11(3-4-12(9)14)13(17)16-6-5-15-10(2)8-16/h3-4,7,10,15H,5-6,8H2,1-2H3/t10-/m1/s1. The molecule has 0 aliphatic carbocycles. The average Bonchev–Trinajstić information content (AvgIpc) is 2.32. The van der Waals surface area contributed by atoms with Gasteiger partial charge in [-0.05, 0) is 37.6 Å². The Kier molecular flexibility index (Phi) is 3.43. The highest BCUT2D eigenvalue weighted by atomic mass is 19.1. The van der Waals surface area contributed by atoms with E-state index in [0.717, 1.165) is 6.54 Å². The smallest absolute Gasteiger partial charge is 0.253 e. The molecule has 92 valence electrons. The summed E-state index contributed by atoms with van der Waals surface area (Å²) in [5.41, 5.74) is 1.08. The number of hydrogen-bond donors (Lipinski definition) is 1. The van der Waals surface area contributed by atoms with Crippen molar-refractivity contribution in [2.75, 3.05) is 19.6 Å². The zero-order valence-corrected chi connectivity index (χ0v) is 10.2. The van der Waals surface area contributed by atoms with Crippen LogP contribution in [0.5, 0.6) is 0 Å². The van der Waals surface area contributed by atoms with Crippen molar-refractivity contribution in [2.45, 2.75) is 19.9 Å². The first kappa shape index (κ1) is 12.0. The van der Waals surface area contributed by atoms with Gasteiger partial charge in [0, 0.05) is 31.2 Å². The fourth-order valence-electron chi connectivity index (χ4n) is 2.08. The molecule has 3 nitrogen and oxygen atoms in total. The number of carbonyl (C=O) groups is 1. The maximum Gasteiger partial charge on any atom is 0.253 e. The van der Waals surface area contributed by atoms with Crippen LogP contribution in [0.1, 0.15) is 22.8 Å². The Balaban J connectivity index is 2.15. The van der Waals surface area contributed by atoms with Crippen molar-refractivity contribution in [2.24, 2.45) is 0 Å². The third-order valence-corrected chi connectivity index (χ3v) is 3.06. The molecule has 0 bridgehead atoms. The van der Waals surface area contributed by atoms with Gasteiger partial charge in [0.25, 0.3) is 5.91 Å². The molecular weight excluding hydrogens is 219 g/mol. The Bertz CT molecular complexity index is 433. The Morgan fingerprint density at radius 2 is 2.29 bits per heavy atom. The third kappa shape index (κ3) is 2.64. The topological polar surface area (TPSA) is 32.3 Å². The van der Waals surface area contributed by atoms with Crippen molar-refractivity contribution < 1.29 is 9.18 Å². The van der Waals surface area contributed by atoms with Crippen molar-refractivity contribution in [3.63, 3.8) is 0 Å². The average molecular weight is 236 g/mol. The minimum absolute atomic E-state index is 0.0125. The molecule has 1 N–H and O–H groups in total. The van der Waals surface area contributed by atoms with Crippen LogP contribution in [0.2, 0.25) is 0 Å². The number of amides is 1. The molecule has 1 aromatic carbocycles. The van der Waals surface area contributed by atoms with Gasteiger partial charge >= 0.3 is 0 Å². The van der Waals surface area contributed by atoms with Gasteiger partial charge in [-0.3, -0.25) is 4.79 Å². The highest BCUT2D eigenvalue weighted by molar-refractivity contribution is 5.94.